The maximum Gasteiger partial charge on any atom is 0.273 e. The normalized spacial score (nSPS) is 15.8. The van der Waals surface area contributed by atoms with Gasteiger partial charge in [-0.15, -0.1) is 0 Å². The Bertz CT molecular complexity index is 1090. The van der Waals surface area contributed by atoms with Gasteiger partial charge in [-0.2, -0.15) is 5.10 Å². The van der Waals surface area contributed by atoms with Crippen LogP contribution in [0.2, 0.25) is 5.02 Å². The number of aromatic hydroxyl groups is 1. The van der Waals surface area contributed by atoms with E-state index >= 15 is 0 Å². The Morgan fingerprint density at radius 2 is 2.03 bits per heavy atom. The zero-order valence-corrected chi connectivity index (χ0v) is 17.0. The number of hydrogen-bond acceptors (Lipinski definition) is 4. The molecule has 0 spiro atoms. The standard InChI is InChI=1S/C22H22ClN3O3/c1-12-9-13(2)21(28)16(10-12)18-17-19(25-24-18)22(29)26(7-4-8-27)20(17)14-5-3-6-15(23)11-14/h3,5-6,9-11,20,27-28H,4,7-8H2,1-2H3,(H,24,25). The molecule has 1 unspecified atom stereocenters. The molecule has 2 aromatic carbocycles. The molecule has 0 saturated heterocycles. The largest absolute Gasteiger partial charge is 0.507 e. The van der Waals surface area contributed by atoms with Gasteiger partial charge in [0.25, 0.3) is 5.91 Å². The molecule has 1 aliphatic heterocycles. The van der Waals surface area contributed by atoms with Crippen molar-refractivity contribution < 1.29 is 15.0 Å². The number of aryl methyl sites for hydroxylation is 2. The minimum absolute atomic E-state index is 0.0110. The SMILES string of the molecule is Cc1cc(C)c(O)c(-c2n[nH]c3c2C(c2cccc(Cl)c2)N(CCCO)C3=O)c1. The summed E-state index contributed by atoms with van der Waals surface area (Å²) in [6, 6.07) is 10.7. The number of hydrogen-bond donors (Lipinski definition) is 3. The highest BCUT2D eigenvalue weighted by Crippen LogP contribution is 2.45. The average molecular weight is 412 g/mol. The van der Waals surface area contributed by atoms with Crippen LogP contribution >= 0.6 is 11.6 Å². The highest BCUT2D eigenvalue weighted by atomic mass is 35.5. The van der Waals surface area contributed by atoms with Crippen LogP contribution in [0.5, 0.6) is 5.75 Å². The van der Waals surface area contributed by atoms with E-state index in [1.807, 2.05) is 44.2 Å². The smallest absolute Gasteiger partial charge is 0.273 e. The predicted molar refractivity (Wildman–Crippen MR) is 111 cm³/mol. The van der Waals surface area contributed by atoms with Crippen molar-refractivity contribution in [2.24, 2.45) is 0 Å². The predicted octanol–water partition coefficient (Wildman–Crippen LogP) is 3.98. The van der Waals surface area contributed by atoms with E-state index in [2.05, 4.69) is 10.2 Å². The number of aliphatic hydroxyl groups is 1. The molecule has 7 heteroatoms. The number of aromatic amines is 1. The highest BCUT2D eigenvalue weighted by molar-refractivity contribution is 6.30. The van der Waals surface area contributed by atoms with Gasteiger partial charge in [0.1, 0.15) is 17.1 Å². The lowest BCUT2D eigenvalue weighted by Crippen LogP contribution is -2.31. The summed E-state index contributed by atoms with van der Waals surface area (Å²) in [5.74, 6) is -0.0305. The second-order valence-corrected chi connectivity index (χ2v) is 7.81. The van der Waals surface area contributed by atoms with E-state index in [1.165, 1.54) is 0 Å². The van der Waals surface area contributed by atoms with Crippen molar-refractivity contribution >= 4 is 17.5 Å². The molecule has 1 atom stereocenters. The fraction of sp³-hybridized carbons (Fsp3) is 0.273. The van der Waals surface area contributed by atoms with Gasteiger partial charge in [-0.25, -0.2) is 0 Å². The van der Waals surface area contributed by atoms with Crippen LogP contribution in [0.3, 0.4) is 0 Å². The topological polar surface area (TPSA) is 89.5 Å². The molecule has 1 amide bonds. The zero-order valence-electron chi connectivity index (χ0n) is 16.2. The van der Waals surface area contributed by atoms with Crippen LogP contribution in [-0.4, -0.2) is 44.4 Å². The molecular formula is C22H22ClN3O3. The van der Waals surface area contributed by atoms with Gasteiger partial charge >= 0.3 is 0 Å². The summed E-state index contributed by atoms with van der Waals surface area (Å²) in [6.07, 6.45) is 0.463. The van der Waals surface area contributed by atoms with Crippen LogP contribution in [0.15, 0.2) is 36.4 Å². The number of carbonyl (C=O) groups excluding carboxylic acids is 1. The number of phenolic OH excluding ortho intramolecular Hbond substituents is 1. The van der Waals surface area contributed by atoms with Crippen LogP contribution in [0.1, 0.15) is 45.2 Å². The van der Waals surface area contributed by atoms with Gasteiger partial charge in [0.15, 0.2) is 0 Å². The Morgan fingerprint density at radius 3 is 2.76 bits per heavy atom. The van der Waals surface area contributed by atoms with E-state index in [-0.39, 0.29) is 18.3 Å². The fourth-order valence-electron chi connectivity index (χ4n) is 4.04. The number of carbonyl (C=O) groups is 1. The Kier molecular flexibility index (Phi) is 5.06. The minimum Gasteiger partial charge on any atom is -0.507 e. The van der Waals surface area contributed by atoms with E-state index in [1.54, 1.807) is 11.0 Å². The maximum atomic E-state index is 13.1. The van der Waals surface area contributed by atoms with Gasteiger partial charge < -0.3 is 15.1 Å². The second kappa shape index (κ2) is 7.54. The molecular weight excluding hydrogens is 390 g/mol. The van der Waals surface area contributed by atoms with Crippen LogP contribution < -0.4 is 0 Å². The lowest BCUT2D eigenvalue weighted by atomic mass is 9.94. The molecule has 150 valence electrons. The molecule has 0 fully saturated rings. The summed E-state index contributed by atoms with van der Waals surface area (Å²) in [6.45, 7) is 4.18. The molecule has 0 saturated carbocycles. The molecule has 4 rings (SSSR count). The summed E-state index contributed by atoms with van der Waals surface area (Å²) in [4.78, 5) is 14.8. The zero-order chi connectivity index (χ0) is 20.7. The molecule has 29 heavy (non-hydrogen) atoms. The number of phenols is 1. The number of aromatic nitrogens is 2. The van der Waals surface area contributed by atoms with E-state index in [4.69, 9.17) is 11.6 Å². The van der Waals surface area contributed by atoms with Gasteiger partial charge in [-0.05, 0) is 55.2 Å². The Hall–Kier alpha value is -2.83. The molecule has 1 aromatic heterocycles. The number of rotatable bonds is 5. The molecule has 0 aliphatic carbocycles. The van der Waals surface area contributed by atoms with Crippen molar-refractivity contribution in [3.05, 3.63) is 69.4 Å². The van der Waals surface area contributed by atoms with Gasteiger partial charge in [-0.3, -0.25) is 9.89 Å². The fourth-order valence-corrected chi connectivity index (χ4v) is 4.24. The van der Waals surface area contributed by atoms with Crippen molar-refractivity contribution in [1.82, 2.24) is 15.1 Å². The number of fused-ring (bicyclic) bond motifs is 1. The van der Waals surface area contributed by atoms with Crippen LogP contribution in [0, 0.1) is 13.8 Å². The summed E-state index contributed by atoms with van der Waals surface area (Å²) in [7, 11) is 0. The summed E-state index contributed by atoms with van der Waals surface area (Å²) < 4.78 is 0. The van der Waals surface area contributed by atoms with Crippen LogP contribution in [0.4, 0.5) is 0 Å². The molecule has 3 N–H and O–H groups in total. The molecule has 0 bridgehead atoms. The number of halogens is 1. The molecule has 0 radical (unpaired) electrons. The molecule has 2 heterocycles. The third-order valence-electron chi connectivity index (χ3n) is 5.29. The number of aliphatic hydroxyl groups excluding tert-OH is 1. The number of nitrogens with one attached hydrogen (secondary N) is 1. The van der Waals surface area contributed by atoms with E-state index < -0.39 is 6.04 Å². The molecule has 1 aliphatic rings. The maximum absolute atomic E-state index is 13.1. The molecule has 6 nitrogen and oxygen atoms in total. The van der Waals surface area contributed by atoms with Gasteiger partial charge in [0.05, 0.1) is 6.04 Å². The van der Waals surface area contributed by atoms with Crippen LogP contribution in [-0.2, 0) is 0 Å². The first-order valence-corrected chi connectivity index (χ1v) is 9.86. The van der Waals surface area contributed by atoms with E-state index in [0.29, 0.717) is 34.9 Å². The van der Waals surface area contributed by atoms with Gasteiger partial charge in [-0.1, -0.05) is 29.8 Å². The summed E-state index contributed by atoms with van der Waals surface area (Å²) >= 11 is 6.23. The van der Waals surface area contributed by atoms with Gasteiger partial charge in [0, 0.05) is 29.3 Å². The van der Waals surface area contributed by atoms with Crippen LogP contribution in [0.25, 0.3) is 11.3 Å². The third-order valence-corrected chi connectivity index (χ3v) is 5.52. The van der Waals surface area contributed by atoms with Crippen molar-refractivity contribution in [2.45, 2.75) is 26.3 Å². The third kappa shape index (κ3) is 3.28. The number of H-pyrrole nitrogens is 1. The minimum atomic E-state index is -0.406. The quantitative estimate of drug-likeness (QED) is 0.592. The lowest BCUT2D eigenvalue weighted by Gasteiger charge is -2.26. The van der Waals surface area contributed by atoms with Gasteiger partial charge in [0.2, 0.25) is 0 Å². The summed E-state index contributed by atoms with van der Waals surface area (Å²) in [5.41, 5.74) is 4.86. The Morgan fingerprint density at radius 1 is 1.24 bits per heavy atom. The van der Waals surface area contributed by atoms with E-state index in [0.717, 1.165) is 22.3 Å². The monoisotopic (exact) mass is 411 g/mol. The first-order valence-electron chi connectivity index (χ1n) is 9.48. The first-order chi connectivity index (χ1) is 13.9. The highest BCUT2D eigenvalue weighted by Gasteiger charge is 2.42. The first kappa shape index (κ1) is 19.5. The van der Waals surface area contributed by atoms with Crippen molar-refractivity contribution in [2.75, 3.05) is 13.2 Å². The van der Waals surface area contributed by atoms with Crippen molar-refractivity contribution in [1.29, 1.82) is 0 Å². The van der Waals surface area contributed by atoms with E-state index in [9.17, 15) is 15.0 Å². The number of nitrogens with zero attached hydrogens (tertiary/aromatic N) is 2. The average Bonchev–Trinajstić information content (AvgIpc) is 3.22. The second-order valence-electron chi connectivity index (χ2n) is 7.37. The number of amides is 1. The Balaban J connectivity index is 1.92. The summed E-state index contributed by atoms with van der Waals surface area (Å²) in [5, 5.41) is 27.8. The van der Waals surface area contributed by atoms with Crippen molar-refractivity contribution in [3.63, 3.8) is 0 Å². The Labute approximate surface area is 173 Å². The molecule has 3 aromatic rings. The lowest BCUT2D eigenvalue weighted by molar-refractivity contribution is 0.0732. The van der Waals surface area contributed by atoms with Crippen molar-refractivity contribution in [3.8, 4) is 17.0 Å². The number of benzene rings is 2.